The minimum Gasteiger partial charge on any atom is -0.450 e. The number of amides is 1. The molecular formula is C21H31IN6O2. The average Bonchev–Trinajstić information content (AvgIpc) is 3.03. The second-order valence-electron chi connectivity index (χ2n) is 6.97. The van der Waals surface area contributed by atoms with E-state index in [1.807, 2.05) is 36.7 Å². The molecule has 0 radical (unpaired) electrons. The Morgan fingerprint density at radius 3 is 2.37 bits per heavy atom. The number of piperazine rings is 1. The molecule has 1 aromatic carbocycles. The lowest BCUT2D eigenvalue weighted by molar-refractivity contribution is 0.0914. The fourth-order valence-electron chi connectivity index (χ4n) is 3.57. The molecule has 1 saturated heterocycles. The summed E-state index contributed by atoms with van der Waals surface area (Å²) in [5, 5.41) is 8.17. The predicted molar refractivity (Wildman–Crippen MR) is 129 cm³/mol. The smallest absolute Gasteiger partial charge is 0.409 e. The van der Waals surface area contributed by atoms with Crippen LogP contribution in [-0.2, 0) is 11.3 Å². The quantitative estimate of drug-likeness (QED) is 0.377. The molecule has 1 fully saturated rings. The highest BCUT2D eigenvalue weighted by Crippen LogP contribution is 2.17. The molecule has 1 aliphatic rings. The van der Waals surface area contributed by atoms with Gasteiger partial charge in [0.1, 0.15) is 0 Å². The summed E-state index contributed by atoms with van der Waals surface area (Å²) in [6, 6.07) is 10.1. The number of halogens is 1. The molecule has 2 heterocycles. The summed E-state index contributed by atoms with van der Waals surface area (Å²) in [5.74, 6) is 0.833. The Hall–Kier alpha value is -2.30. The van der Waals surface area contributed by atoms with Gasteiger partial charge in [0, 0.05) is 51.0 Å². The van der Waals surface area contributed by atoms with Crippen LogP contribution in [0, 0.1) is 13.8 Å². The molecule has 0 atom stereocenters. The number of para-hydroxylation sites is 1. The van der Waals surface area contributed by atoms with Crippen molar-refractivity contribution in [1.82, 2.24) is 24.9 Å². The molecule has 3 rings (SSSR count). The van der Waals surface area contributed by atoms with Crippen molar-refractivity contribution in [1.29, 1.82) is 0 Å². The number of carbonyl (C=O) groups excluding carboxylic acids is 1. The zero-order valence-electron chi connectivity index (χ0n) is 18.1. The number of hydrogen-bond acceptors (Lipinski definition) is 4. The molecule has 164 valence electrons. The normalized spacial score (nSPS) is 14.3. The molecule has 0 aliphatic carbocycles. The van der Waals surface area contributed by atoms with E-state index < -0.39 is 0 Å². The molecule has 30 heavy (non-hydrogen) atoms. The van der Waals surface area contributed by atoms with E-state index in [1.165, 1.54) is 5.56 Å². The molecule has 0 saturated carbocycles. The third kappa shape index (κ3) is 5.44. The van der Waals surface area contributed by atoms with Crippen LogP contribution in [0.4, 0.5) is 4.79 Å². The average molecular weight is 526 g/mol. The number of ether oxygens (including phenoxy) is 1. The van der Waals surface area contributed by atoms with Gasteiger partial charge >= 0.3 is 6.09 Å². The Balaban J connectivity index is 0.00000320. The molecular weight excluding hydrogens is 495 g/mol. The Labute approximate surface area is 195 Å². The molecule has 1 aromatic heterocycles. The predicted octanol–water partition coefficient (Wildman–Crippen LogP) is 2.96. The van der Waals surface area contributed by atoms with E-state index in [-0.39, 0.29) is 30.1 Å². The van der Waals surface area contributed by atoms with Gasteiger partial charge in [-0.2, -0.15) is 5.10 Å². The number of aliphatic imine (C=N–C) groups is 1. The van der Waals surface area contributed by atoms with Crippen LogP contribution in [0.5, 0.6) is 0 Å². The maximum absolute atomic E-state index is 11.9. The van der Waals surface area contributed by atoms with Crippen LogP contribution in [0.25, 0.3) is 5.69 Å². The molecule has 0 unspecified atom stereocenters. The molecule has 2 aromatic rings. The molecule has 0 spiro atoms. The molecule has 0 bridgehead atoms. The van der Waals surface area contributed by atoms with Crippen LogP contribution in [0.1, 0.15) is 23.9 Å². The number of rotatable bonds is 4. The molecule has 1 N–H and O–H groups in total. The highest BCUT2D eigenvalue weighted by Gasteiger charge is 2.24. The molecule has 9 heteroatoms. The Morgan fingerprint density at radius 1 is 1.13 bits per heavy atom. The first-order chi connectivity index (χ1) is 14.0. The summed E-state index contributed by atoms with van der Waals surface area (Å²) in [6.45, 7) is 9.69. The van der Waals surface area contributed by atoms with Crippen molar-refractivity contribution in [3.05, 3.63) is 47.3 Å². The van der Waals surface area contributed by atoms with E-state index in [0.29, 0.717) is 26.2 Å². The first kappa shape index (κ1) is 24.0. The zero-order valence-corrected chi connectivity index (χ0v) is 20.4. The number of nitrogens with one attached hydrogen (secondary N) is 1. The maximum Gasteiger partial charge on any atom is 0.409 e. The van der Waals surface area contributed by atoms with Gasteiger partial charge in [-0.3, -0.25) is 4.99 Å². The van der Waals surface area contributed by atoms with Gasteiger partial charge < -0.3 is 19.9 Å². The fourth-order valence-corrected chi connectivity index (χ4v) is 3.57. The van der Waals surface area contributed by atoms with Crippen LogP contribution in [0.15, 0.2) is 35.3 Å². The van der Waals surface area contributed by atoms with Crippen LogP contribution >= 0.6 is 24.0 Å². The highest BCUT2D eigenvalue weighted by atomic mass is 127. The highest BCUT2D eigenvalue weighted by molar-refractivity contribution is 14.0. The number of aryl methyl sites for hydroxylation is 1. The number of guanidine groups is 1. The number of carbonyl (C=O) groups is 1. The lowest BCUT2D eigenvalue weighted by Gasteiger charge is -2.35. The topological polar surface area (TPSA) is 75.0 Å². The molecule has 1 amide bonds. The van der Waals surface area contributed by atoms with Crippen molar-refractivity contribution < 1.29 is 9.53 Å². The Bertz CT molecular complexity index is 860. The van der Waals surface area contributed by atoms with E-state index in [1.54, 1.807) is 11.9 Å². The van der Waals surface area contributed by atoms with E-state index >= 15 is 0 Å². The summed E-state index contributed by atoms with van der Waals surface area (Å²) in [5.41, 5.74) is 4.34. The lowest BCUT2D eigenvalue weighted by atomic mass is 10.2. The maximum atomic E-state index is 11.9. The summed E-state index contributed by atoms with van der Waals surface area (Å²) in [7, 11) is 1.78. The number of benzene rings is 1. The van der Waals surface area contributed by atoms with Crippen LogP contribution in [0.3, 0.4) is 0 Å². The minimum atomic E-state index is -0.241. The number of aromatic nitrogens is 2. The van der Waals surface area contributed by atoms with Crippen molar-refractivity contribution in [3.8, 4) is 5.69 Å². The van der Waals surface area contributed by atoms with Crippen molar-refractivity contribution in [2.75, 3.05) is 39.8 Å². The zero-order chi connectivity index (χ0) is 20.8. The monoisotopic (exact) mass is 526 g/mol. The summed E-state index contributed by atoms with van der Waals surface area (Å²) < 4.78 is 7.07. The first-order valence-electron chi connectivity index (χ1n) is 10.0. The SMILES string of the molecule is CCOC(=O)N1CCN(C(=NC)NCc2c(C)nn(-c3ccccc3)c2C)CC1.I. The molecule has 8 nitrogen and oxygen atoms in total. The van der Waals surface area contributed by atoms with Gasteiger partial charge in [0.2, 0.25) is 0 Å². The van der Waals surface area contributed by atoms with E-state index in [0.717, 1.165) is 36.1 Å². The molecule has 1 aliphatic heterocycles. The second-order valence-corrected chi connectivity index (χ2v) is 6.97. The number of nitrogens with zero attached hydrogens (tertiary/aromatic N) is 5. The van der Waals surface area contributed by atoms with Gasteiger partial charge in [-0.25, -0.2) is 9.48 Å². The standard InChI is InChI=1S/C21H30N6O2.HI/c1-5-29-21(28)26-13-11-25(12-14-26)20(22-4)23-15-19-16(2)24-27(17(19)3)18-9-7-6-8-10-18;/h6-10H,5,11-15H2,1-4H3,(H,22,23);1H. The van der Waals surface area contributed by atoms with Crippen molar-refractivity contribution in [3.63, 3.8) is 0 Å². The summed E-state index contributed by atoms with van der Waals surface area (Å²) in [6.07, 6.45) is -0.241. The lowest BCUT2D eigenvalue weighted by Crippen LogP contribution is -2.53. The fraction of sp³-hybridized carbons (Fsp3) is 0.476. The minimum absolute atomic E-state index is 0. The van der Waals surface area contributed by atoms with Crippen molar-refractivity contribution in [2.45, 2.75) is 27.3 Å². The van der Waals surface area contributed by atoms with Crippen molar-refractivity contribution in [2.24, 2.45) is 4.99 Å². The van der Waals surface area contributed by atoms with Gasteiger partial charge in [-0.15, -0.1) is 24.0 Å². The number of hydrogen-bond donors (Lipinski definition) is 1. The van der Waals surface area contributed by atoms with Gasteiger partial charge in [-0.1, -0.05) is 18.2 Å². The van der Waals surface area contributed by atoms with Crippen LogP contribution in [0.2, 0.25) is 0 Å². The second kappa shape index (κ2) is 11.2. The van der Waals surface area contributed by atoms with E-state index in [2.05, 4.69) is 34.3 Å². The van der Waals surface area contributed by atoms with Gasteiger partial charge in [-0.05, 0) is 32.9 Å². The largest absolute Gasteiger partial charge is 0.450 e. The Kier molecular flexibility index (Phi) is 8.94. The summed E-state index contributed by atoms with van der Waals surface area (Å²) >= 11 is 0. The Morgan fingerprint density at radius 2 is 1.77 bits per heavy atom. The first-order valence-corrected chi connectivity index (χ1v) is 10.0. The van der Waals surface area contributed by atoms with Gasteiger partial charge in [0.25, 0.3) is 0 Å². The van der Waals surface area contributed by atoms with Gasteiger partial charge in [0.05, 0.1) is 18.0 Å². The van der Waals surface area contributed by atoms with Gasteiger partial charge in [0.15, 0.2) is 5.96 Å². The third-order valence-corrected chi connectivity index (χ3v) is 5.18. The van der Waals surface area contributed by atoms with E-state index in [9.17, 15) is 4.79 Å². The van der Waals surface area contributed by atoms with Crippen LogP contribution < -0.4 is 5.32 Å². The summed E-state index contributed by atoms with van der Waals surface area (Å²) in [4.78, 5) is 20.2. The van der Waals surface area contributed by atoms with E-state index in [4.69, 9.17) is 9.84 Å². The van der Waals surface area contributed by atoms with Crippen molar-refractivity contribution >= 4 is 36.0 Å². The third-order valence-electron chi connectivity index (χ3n) is 5.18. The van der Waals surface area contributed by atoms with Crippen LogP contribution in [-0.4, -0.2) is 71.5 Å².